The molecule has 4 aromatic rings. The van der Waals surface area contributed by atoms with E-state index in [9.17, 15) is 13.2 Å². The van der Waals surface area contributed by atoms with Crippen molar-refractivity contribution in [1.82, 2.24) is 9.38 Å². The number of benzene rings is 1. The van der Waals surface area contributed by atoms with Gasteiger partial charge in [-0.05, 0) is 43.7 Å². The Morgan fingerprint density at radius 3 is 2.45 bits per heavy atom. The highest BCUT2D eigenvalue weighted by atomic mass is 32.2. The molecule has 0 amide bonds. The lowest BCUT2D eigenvalue weighted by Crippen LogP contribution is -2.43. The molecule has 9 heteroatoms. The minimum Gasteiger partial charge on any atom is -0.381 e. The number of nitrogen functional groups attached to an aromatic ring is 1. The van der Waals surface area contributed by atoms with E-state index in [1.54, 1.807) is 24.4 Å². The van der Waals surface area contributed by atoms with Crippen LogP contribution in [-0.2, 0) is 21.1 Å². The van der Waals surface area contributed by atoms with Gasteiger partial charge < -0.3 is 10.5 Å². The summed E-state index contributed by atoms with van der Waals surface area (Å²) in [6, 6.07) is 11.4. The lowest BCUT2D eigenvalue weighted by molar-refractivity contribution is -0.662. The van der Waals surface area contributed by atoms with Gasteiger partial charge in [0.15, 0.2) is 0 Å². The molecule has 0 unspecified atom stereocenters. The van der Waals surface area contributed by atoms with Crippen LogP contribution in [0.1, 0.15) is 11.1 Å². The molecule has 0 aliphatic rings. The van der Waals surface area contributed by atoms with Crippen molar-refractivity contribution in [2.75, 3.05) is 19.5 Å². The van der Waals surface area contributed by atoms with Crippen LogP contribution in [-0.4, -0.2) is 31.5 Å². The van der Waals surface area contributed by atoms with Gasteiger partial charge in [0, 0.05) is 13.3 Å². The highest BCUT2D eigenvalue weighted by Crippen LogP contribution is 2.26. The van der Waals surface area contributed by atoms with E-state index in [4.69, 9.17) is 10.5 Å². The molecule has 0 aliphatic carbocycles. The van der Waals surface area contributed by atoms with Crippen molar-refractivity contribution < 1.29 is 17.7 Å². The number of rotatable bonds is 5. The van der Waals surface area contributed by atoms with Crippen LogP contribution in [0.5, 0.6) is 0 Å². The smallest absolute Gasteiger partial charge is 0.278 e. The molecular weight excluding hydrogens is 416 g/mol. The number of hydrogen-bond acceptors (Lipinski definition) is 6. The standard InChI is InChI=1S/C22H22N4O4S/c1-14-4-7-16(8-5-14)31(28,29)18-12-17-21(25(20(18)23)10-11-30-3)24-19-9-6-15(2)13-26(19)22(17)27/h4-9,12-13,23H,10-11H2,1-3H3/p+1. The Hall–Kier alpha value is -3.30. The van der Waals surface area contributed by atoms with E-state index in [0.29, 0.717) is 11.3 Å². The van der Waals surface area contributed by atoms with Crippen molar-refractivity contribution in [1.29, 1.82) is 0 Å². The second kappa shape index (κ2) is 7.75. The average Bonchev–Trinajstić information content (AvgIpc) is 2.74. The van der Waals surface area contributed by atoms with Crippen LogP contribution in [0, 0.1) is 13.8 Å². The van der Waals surface area contributed by atoms with Gasteiger partial charge >= 0.3 is 0 Å². The van der Waals surface area contributed by atoms with Crippen molar-refractivity contribution in [3.63, 3.8) is 0 Å². The number of hydrogen-bond donors (Lipinski definition) is 1. The Morgan fingerprint density at radius 2 is 1.77 bits per heavy atom. The van der Waals surface area contributed by atoms with E-state index in [-0.39, 0.29) is 39.7 Å². The van der Waals surface area contributed by atoms with E-state index in [0.717, 1.165) is 11.1 Å². The summed E-state index contributed by atoms with van der Waals surface area (Å²) < 4.78 is 34.9. The summed E-state index contributed by atoms with van der Waals surface area (Å²) in [5.74, 6) is 0.00786. The Labute approximate surface area is 179 Å². The fourth-order valence-electron chi connectivity index (χ4n) is 3.50. The molecule has 2 N–H and O–H groups in total. The molecule has 3 heterocycles. The molecule has 0 atom stereocenters. The van der Waals surface area contributed by atoms with Gasteiger partial charge in [-0.3, -0.25) is 9.20 Å². The van der Waals surface area contributed by atoms with Gasteiger partial charge in [-0.15, -0.1) is 0 Å². The molecule has 160 valence electrons. The maximum atomic E-state index is 13.4. The van der Waals surface area contributed by atoms with Crippen molar-refractivity contribution in [3.05, 3.63) is 70.1 Å². The third-order valence-electron chi connectivity index (χ3n) is 5.20. The molecular formula is C22H23N4O4S+. The maximum Gasteiger partial charge on any atom is 0.278 e. The number of sulfone groups is 1. The molecule has 0 radical (unpaired) electrons. The Bertz CT molecular complexity index is 1480. The third kappa shape index (κ3) is 3.55. The van der Waals surface area contributed by atoms with Crippen LogP contribution in [0.4, 0.5) is 5.82 Å². The summed E-state index contributed by atoms with van der Waals surface area (Å²) in [7, 11) is -2.43. The SMILES string of the molecule is COCC[n+]1c(N)c(S(=O)(=O)c2ccc(C)cc2)cc2c(=O)n3cc(C)ccc3nc21. The van der Waals surface area contributed by atoms with Gasteiger partial charge in [0.05, 0.1) is 18.0 Å². The van der Waals surface area contributed by atoms with Crippen molar-refractivity contribution in [3.8, 4) is 0 Å². The molecule has 0 fully saturated rings. The molecule has 0 aliphatic heterocycles. The van der Waals surface area contributed by atoms with Gasteiger partial charge in [-0.1, -0.05) is 28.7 Å². The van der Waals surface area contributed by atoms with Gasteiger partial charge in [0.2, 0.25) is 21.3 Å². The van der Waals surface area contributed by atoms with Crippen LogP contribution in [0.2, 0.25) is 0 Å². The van der Waals surface area contributed by atoms with E-state index in [1.807, 2.05) is 19.9 Å². The molecule has 3 aromatic heterocycles. The highest BCUT2D eigenvalue weighted by molar-refractivity contribution is 7.91. The summed E-state index contributed by atoms with van der Waals surface area (Å²) in [6.45, 7) is 4.25. The Balaban J connectivity index is 2.10. The molecule has 0 saturated heterocycles. The normalized spacial score (nSPS) is 12.0. The van der Waals surface area contributed by atoms with E-state index < -0.39 is 9.84 Å². The molecule has 4 rings (SSSR count). The number of aryl methyl sites for hydroxylation is 2. The number of anilines is 1. The second-order valence-corrected chi connectivity index (χ2v) is 9.36. The van der Waals surface area contributed by atoms with Crippen molar-refractivity contribution >= 4 is 32.3 Å². The second-order valence-electron chi connectivity index (χ2n) is 7.44. The summed E-state index contributed by atoms with van der Waals surface area (Å²) >= 11 is 0. The van der Waals surface area contributed by atoms with E-state index >= 15 is 0 Å². The minimum atomic E-state index is -3.97. The summed E-state index contributed by atoms with van der Waals surface area (Å²) in [6.07, 6.45) is 1.67. The summed E-state index contributed by atoms with van der Waals surface area (Å²) in [4.78, 5) is 17.8. The quantitative estimate of drug-likeness (QED) is 0.375. The number of fused-ring (bicyclic) bond motifs is 2. The number of nitrogens with two attached hydrogens (primary N) is 1. The van der Waals surface area contributed by atoms with Gasteiger partial charge in [-0.2, -0.15) is 0 Å². The first-order valence-electron chi connectivity index (χ1n) is 9.70. The molecule has 31 heavy (non-hydrogen) atoms. The zero-order chi connectivity index (χ0) is 22.3. The van der Waals surface area contributed by atoms with Crippen LogP contribution >= 0.6 is 0 Å². The predicted octanol–water partition coefficient (Wildman–Crippen LogP) is 1.81. The lowest BCUT2D eigenvalue weighted by Gasteiger charge is -2.13. The first-order valence-corrected chi connectivity index (χ1v) is 11.2. The number of aromatic nitrogens is 3. The molecule has 1 aromatic carbocycles. The Morgan fingerprint density at radius 1 is 1.10 bits per heavy atom. The molecule has 8 nitrogen and oxygen atoms in total. The number of methoxy groups -OCH3 is 1. The molecule has 0 spiro atoms. The maximum absolute atomic E-state index is 13.4. The summed E-state index contributed by atoms with van der Waals surface area (Å²) in [5, 5.41) is 0.166. The predicted molar refractivity (Wildman–Crippen MR) is 117 cm³/mol. The monoisotopic (exact) mass is 439 g/mol. The highest BCUT2D eigenvalue weighted by Gasteiger charge is 2.29. The van der Waals surface area contributed by atoms with Gasteiger partial charge in [0.1, 0.15) is 10.3 Å². The zero-order valence-corrected chi connectivity index (χ0v) is 18.3. The largest absolute Gasteiger partial charge is 0.381 e. The van der Waals surface area contributed by atoms with Crippen molar-refractivity contribution in [2.24, 2.45) is 0 Å². The first-order chi connectivity index (χ1) is 14.7. The number of nitrogens with zero attached hydrogens (tertiary/aromatic N) is 3. The van der Waals surface area contributed by atoms with Gasteiger partial charge in [0.25, 0.3) is 11.2 Å². The minimum absolute atomic E-state index is 0.00786. The van der Waals surface area contributed by atoms with Crippen LogP contribution in [0.3, 0.4) is 0 Å². The lowest BCUT2D eigenvalue weighted by atomic mass is 10.2. The van der Waals surface area contributed by atoms with Crippen LogP contribution in [0.15, 0.2) is 63.2 Å². The average molecular weight is 440 g/mol. The van der Waals surface area contributed by atoms with E-state index in [1.165, 1.54) is 34.3 Å². The molecule has 0 saturated carbocycles. The van der Waals surface area contributed by atoms with Crippen molar-refractivity contribution in [2.45, 2.75) is 30.2 Å². The van der Waals surface area contributed by atoms with Crippen LogP contribution in [0.25, 0.3) is 16.7 Å². The summed E-state index contributed by atoms with van der Waals surface area (Å²) in [5.41, 5.74) is 8.55. The number of pyridine rings is 2. The zero-order valence-electron chi connectivity index (χ0n) is 17.5. The fraction of sp³-hybridized carbons (Fsp3) is 0.227. The topological polar surface area (TPSA) is 108 Å². The third-order valence-corrected chi connectivity index (χ3v) is 7.00. The van der Waals surface area contributed by atoms with E-state index in [2.05, 4.69) is 4.98 Å². The molecule has 0 bridgehead atoms. The fourth-order valence-corrected chi connectivity index (χ4v) is 4.91. The first kappa shape index (κ1) is 21.0. The van der Waals surface area contributed by atoms with Gasteiger partial charge in [-0.25, -0.2) is 13.0 Å². The Kier molecular flexibility index (Phi) is 5.24. The van der Waals surface area contributed by atoms with Crippen LogP contribution < -0.4 is 15.9 Å². The number of ether oxygens (including phenoxy) is 1.